The number of aromatic amines is 2. The third-order valence-electron chi connectivity index (χ3n) is 13.5. The fourth-order valence-electron chi connectivity index (χ4n) is 9.16. The molecule has 0 aliphatic carbocycles. The van der Waals surface area contributed by atoms with Gasteiger partial charge in [0.25, 0.3) is 11.8 Å². The summed E-state index contributed by atoms with van der Waals surface area (Å²) in [6.07, 6.45) is 22.3. The van der Waals surface area contributed by atoms with Gasteiger partial charge in [0.1, 0.15) is 21.5 Å². The lowest BCUT2D eigenvalue weighted by Gasteiger charge is -2.16. The van der Waals surface area contributed by atoms with Crippen LogP contribution in [0.25, 0.3) is 45.0 Å². The maximum Gasteiger partial charge on any atom is 0.263 e. The van der Waals surface area contributed by atoms with E-state index in [1.165, 1.54) is 24.2 Å². The standard InChI is InChI=1S/C30H38N8O2S.C26H32N8O2/c1-31-27(39)9-5-3-4-8-24(35-30(40)26-19-32-28(41-26)20-38-15-6-7-16-38)29-33-18-25(34-29)22-12-10-21(11-13-22)23-14-17-37(2)36-23;1-27-24(35)8-6-4-5-7-22(31-26(36)20-15-29-34(3)17-20)25-28-16-23(30-25)19-11-9-18(10-12-19)21-13-14-33(2)32-21/h10-14,17-19,24H,3-9,15-16,20H2,1-2H3,(H,31,39)(H,33,34)(H,35,40);9-17,22H,4-8H2,1-3H3,(H,27,35)(H,28,30)(H,31,36)/t24-;22-/m00/s1. The van der Waals surface area contributed by atoms with Gasteiger partial charge in [-0.05, 0) is 74.9 Å². The highest BCUT2D eigenvalue weighted by atomic mass is 32.1. The molecule has 0 saturated carbocycles. The van der Waals surface area contributed by atoms with Crippen LogP contribution in [0.3, 0.4) is 0 Å². The zero-order chi connectivity index (χ0) is 54.1. The van der Waals surface area contributed by atoms with Gasteiger partial charge in [-0.3, -0.25) is 38.1 Å². The van der Waals surface area contributed by atoms with E-state index in [0.29, 0.717) is 41.9 Å². The molecule has 8 aromatic rings. The monoisotopic (exact) mass is 1060 g/mol. The molecule has 2 aromatic carbocycles. The van der Waals surface area contributed by atoms with E-state index in [4.69, 9.17) is 0 Å². The SMILES string of the molecule is CNC(=O)CCCCC[C@H](NC(=O)c1cnc(CN2CCCC2)s1)c1ncc(-c2ccc(-c3ccn(C)n3)cc2)[nH]1.CNC(=O)CCCCC[C@H](NC(=O)c1cnn(C)c1)c1ncc(-c2ccc(-c3ccn(C)n3)cc2)[nH]1. The molecule has 6 N–H and O–H groups in total. The number of carbonyl (C=O) groups excluding carboxylic acids is 4. The predicted molar refractivity (Wildman–Crippen MR) is 297 cm³/mol. The molecule has 7 heterocycles. The van der Waals surface area contributed by atoms with Crippen molar-refractivity contribution in [2.75, 3.05) is 27.2 Å². The Kier molecular flexibility index (Phi) is 19.5. The number of imidazole rings is 2. The molecular weight excluding hydrogens is 993 g/mol. The number of aromatic nitrogens is 11. The van der Waals surface area contributed by atoms with Crippen molar-refractivity contribution in [3.8, 4) is 45.0 Å². The van der Waals surface area contributed by atoms with Gasteiger partial charge in [0, 0.05) is 77.8 Å². The number of likely N-dealkylation sites (tertiary alicyclic amines) is 1. The number of unbranched alkanes of at least 4 members (excludes halogenated alkanes) is 4. The molecule has 4 amide bonds. The molecule has 2 atom stereocenters. The van der Waals surface area contributed by atoms with Crippen molar-refractivity contribution in [1.29, 1.82) is 0 Å². The number of hydrogen-bond acceptors (Lipinski definition) is 12. The topological polar surface area (TPSA) is 243 Å². The van der Waals surface area contributed by atoms with Gasteiger partial charge in [0.2, 0.25) is 11.8 Å². The normalized spacial score (nSPS) is 13.2. The second-order valence-electron chi connectivity index (χ2n) is 19.4. The van der Waals surface area contributed by atoms with E-state index in [2.05, 4.69) is 66.4 Å². The lowest BCUT2D eigenvalue weighted by molar-refractivity contribution is -0.121. The number of aryl methyl sites for hydroxylation is 3. The number of nitrogens with zero attached hydrogens (tertiary/aromatic N) is 10. The van der Waals surface area contributed by atoms with Gasteiger partial charge in [-0.25, -0.2) is 15.0 Å². The Bertz CT molecular complexity index is 3160. The van der Waals surface area contributed by atoms with Crippen LogP contribution in [0.2, 0.25) is 0 Å². The third-order valence-corrected chi connectivity index (χ3v) is 14.5. The molecular formula is C56H70N16O4S. The van der Waals surface area contributed by atoms with Crippen LogP contribution in [-0.2, 0) is 37.3 Å². The summed E-state index contributed by atoms with van der Waals surface area (Å²) in [5.74, 6) is 1.17. The number of carbonyl (C=O) groups is 4. The first-order valence-corrected chi connectivity index (χ1v) is 27.2. The van der Waals surface area contributed by atoms with Gasteiger partial charge in [-0.15, -0.1) is 11.3 Å². The number of nitrogens with one attached hydrogen (secondary N) is 6. The second-order valence-corrected chi connectivity index (χ2v) is 20.5. The first kappa shape index (κ1) is 55.2. The molecule has 0 unspecified atom stereocenters. The molecule has 0 bridgehead atoms. The Morgan fingerprint density at radius 1 is 0.584 bits per heavy atom. The summed E-state index contributed by atoms with van der Waals surface area (Å²) in [5.41, 5.74) is 8.19. The molecule has 1 aliphatic rings. The summed E-state index contributed by atoms with van der Waals surface area (Å²) in [5, 5.41) is 25.6. The van der Waals surface area contributed by atoms with Crippen molar-refractivity contribution < 1.29 is 19.2 Å². The van der Waals surface area contributed by atoms with Gasteiger partial charge in [-0.2, -0.15) is 15.3 Å². The van der Waals surface area contributed by atoms with E-state index in [9.17, 15) is 19.2 Å². The van der Waals surface area contributed by atoms with Gasteiger partial charge >= 0.3 is 0 Å². The third kappa shape index (κ3) is 15.8. The summed E-state index contributed by atoms with van der Waals surface area (Å²) < 4.78 is 5.17. The van der Waals surface area contributed by atoms with Crippen LogP contribution in [0.5, 0.6) is 0 Å². The van der Waals surface area contributed by atoms with Crippen molar-refractivity contribution in [2.45, 2.75) is 95.7 Å². The number of amides is 4. The van der Waals surface area contributed by atoms with E-state index in [1.807, 2.05) is 93.3 Å². The van der Waals surface area contributed by atoms with Crippen LogP contribution >= 0.6 is 11.3 Å². The summed E-state index contributed by atoms with van der Waals surface area (Å²) >= 11 is 1.46. The minimum atomic E-state index is -0.292. The molecule has 1 saturated heterocycles. The van der Waals surface area contributed by atoms with Crippen LogP contribution in [-0.4, -0.2) is 110 Å². The lowest BCUT2D eigenvalue weighted by atomic mass is 10.1. The molecule has 0 spiro atoms. The van der Waals surface area contributed by atoms with Crippen molar-refractivity contribution >= 4 is 35.0 Å². The molecule has 21 heteroatoms. The van der Waals surface area contributed by atoms with Crippen molar-refractivity contribution in [2.24, 2.45) is 21.1 Å². The smallest absolute Gasteiger partial charge is 0.263 e. The van der Waals surface area contributed by atoms with Crippen LogP contribution in [0.1, 0.15) is 126 Å². The first-order chi connectivity index (χ1) is 37.4. The van der Waals surface area contributed by atoms with E-state index in [0.717, 1.165) is 114 Å². The van der Waals surface area contributed by atoms with Gasteiger partial charge < -0.3 is 31.2 Å². The highest BCUT2D eigenvalue weighted by molar-refractivity contribution is 7.13. The lowest BCUT2D eigenvalue weighted by Crippen LogP contribution is -2.29. The fourth-order valence-corrected chi connectivity index (χ4v) is 10.0. The molecule has 20 nitrogen and oxygen atoms in total. The highest BCUT2D eigenvalue weighted by Gasteiger charge is 2.23. The van der Waals surface area contributed by atoms with Gasteiger partial charge in [0.05, 0.1) is 71.8 Å². The van der Waals surface area contributed by atoms with E-state index in [1.54, 1.807) is 60.0 Å². The minimum absolute atomic E-state index is 0.0428. The fraction of sp³-hybridized carbons (Fsp3) is 0.393. The summed E-state index contributed by atoms with van der Waals surface area (Å²) in [6.45, 7) is 2.99. The Balaban J connectivity index is 0.000000205. The number of rotatable bonds is 24. The van der Waals surface area contributed by atoms with E-state index >= 15 is 0 Å². The molecule has 404 valence electrons. The molecule has 6 aromatic heterocycles. The second kappa shape index (κ2) is 27.1. The van der Waals surface area contributed by atoms with Gasteiger partial charge in [-0.1, -0.05) is 74.2 Å². The largest absolute Gasteiger partial charge is 0.359 e. The number of benzene rings is 2. The molecule has 1 fully saturated rings. The minimum Gasteiger partial charge on any atom is -0.359 e. The van der Waals surface area contributed by atoms with E-state index < -0.39 is 0 Å². The Morgan fingerprint density at radius 2 is 1.08 bits per heavy atom. The first-order valence-electron chi connectivity index (χ1n) is 26.4. The average molecular weight is 1060 g/mol. The Hall–Kier alpha value is -8.04. The zero-order valence-corrected chi connectivity index (χ0v) is 45.4. The zero-order valence-electron chi connectivity index (χ0n) is 44.6. The van der Waals surface area contributed by atoms with E-state index in [-0.39, 0.29) is 35.7 Å². The van der Waals surface area contributed by atoms with Crippen LogP contribution in [0.4, 0.5) is 0 Å². The Labute approximate surface area is 452 Å². The number of hydrogen-bond donors (Lipinski definition) is 6. The molecule has 1 aliphatic heterocycles. The summed E-state index contributed by atoms with van der Waals surface area (Å²) in [4.78, 5) is 72.8. The van der Waals surface area contributed by atoms with Crippen LogP contribution in [0, 0.1) is 0 Å². The predicted octanol–water partition coefficient (Wildman–Crippen LogP) is 8.08. The maximum atomic E-state index is 13.3. The van der Waals surface area contributed by atoms with Crippen molar-refractivity contribution in [1.82, 2.24) is 80.4 Å². The van der Waals surface area contributed by atoms with Gasteiger partial charge in [0.15, 0.2) is 0 Å². The summed E-state index contributed by atoms with van der Waals surface area (Å²) in [6, 6.07) is 19.7. The molecule has 0 radical (unpaired) electrons. The van der Waals surface area contributed by atoms with Crippen molar-refractivity contribution in [3.05, 3.63) is 131 Å². The molecule has 9 rings (SSSR count). The Morgan fingerprint density at radius 3 is 1.53 bits per heavy atom. The number of thiazole rings is 1. The molecule has 77 heavy (non-hydrogen) atoms. The number of H-pyrrole nitrogens is 2. The van der Waals surface area contributed by atoms with Crippen LogP contribution < -0.4 is 21.3 Å². The van der Waals surface area contributed by atoms with Crippen LogP contribution in [0.15, 0.2) is 104 Å². The quantitative estimate of drug-likeness (QED) is 0.0316. The summed E-state index contributed by atoms with van der Waals surface area (Å²) in [7, 11) is 8.88. The van der Waals surface area contributed by atoms with Crippen molar-refractivity contribution in [3.63, 3.8) is 0 Å². The highest BCUT2D eigenvalue weighted by Crippen LogP contribution is 2.28. The maximum absolute atomic E-state index is 13.3. The average Bonchev–Trinajstić information content (AvgIpc) is 4.31.